The molecule has 0 unspecified atom stereocenters. The molecule has 0 bridgehead atoms. The summed E-state index contributed by atoms with van der Waals surface area (Å²) in [5.74, 6) is -0.0744. The molecule has 0 N–H and O–H groups in total. The van der Waals surface area contributed by atoms with Gasteiger partial charge in [0.25, 0.3) is 5.56 Å². The second-order valence-electron chi connectivity index (χ2n) is 4.86. The molecule has 0 aliphatic rings. The van der Waals surface area contributed by atoms with Gasteiger partial charge in [-0.25, -0.2) is 4.68 Å². The van der Waals surface area contributed by atoms with E-state index in [1.54, 1.807) is 0 Å². The topological polar surface area (TPSA) is 73.8 Å². The van der Waals surface area contributed by atoms with Crippen molar-refractivity contribution in [2.45, 2.75) is 12.7 Å². The maximum atomic E-state index is 12.8. The third kappa shape index (κ3) is 3.67. The monoisotopic (exact) mass is 390 g/mol. The highest BCUT2D eigenvalue weighted by molar-refractivity contribution is 6.41. The minimum absolute atomic E-state index is 0.00176. The molecule has 1 aromatic carbocycles. The maximum absolute atomic E-state index is 12.8. The van der Waals surface area contributed by atoms with Crippen molar-refractivity contribution in [3.05, 3.63) is 62.3 Å². The smallest absolute Gasteiger partial charge is 0.337 e. The lowest BCUT2D eigenvalue weighted by Crippen LogP contribution is -2.23. The quantitative estimate of drug-likeness (QED) is 0.681. The van der Waals surface area contributed by atoms with Gasteiger partial charge in [0.1, 0.15) is 11.6 Å². The molecule has 3 aromatic rings. The first kappa shape index (κ1) is 17.4. The molecule has 11 heteroatoms. The van der Waals surface area contributed by atoms with E-state index < -0.39 is 17.3 Å². The lowest BCUT2D eigenvalue weighted by molar-refractivity contribution is -0.137. The second-order valence-corrected chi connectivity index (χ2v) is 5.64. The van der Waals surface area contributed by atoms with Crippen molar-refractivity contribution in [1.82, 2.24) is 19.9 Å². The number of benzene rings is 1. The van der Waals surface area contributed by atoms with Crippen LogP contribution >= 0.6 is 23.2 Å². The average Bonchev–Trinajstić information content (AvgIpc) is 3.03. The maximum Gasteiger partial charge on any atom is 0.416 e. The van der Waals surface area contributed by atoms with Crippen molar-refractivity contribution < 1.29 is 17.7 Å². The molecule has 3 rings (SSSR count). The summed E-state index contributed by atoms with van der Waals surface area (Å²) in [6, 6.07) is 4.48. The van der Waals surface area contributed by atoms with Crippen molar-refractivity contribution in [2.75, 3.05) is 0 Å². The molecule has 2 heterocycles. The van der Waals surface area contributed by atoms with E-state index in [9.17, 15) is 18.0 Å². The van der Waals surface area contributed by atoms with E-state index in [0.717, 1.165) is 16.8 Å². The zero-order chi connectivity index (χ0) is 18.2. The minimum atomic E-state index is -4.49. The first-order chi connectivity index (χ1) is 11.8. The van der Waals surface area contributed by atoms with E-state index in [4.69, 9.17) is 27.7 Å². The lowest BCUT2D eigenvalue weighted by atomic mass is 10.1. The third-order valence-electron chi connectivity index (χ3n) is 3.14. The summed E-state index contributed by atoms with van der Waals surface area (Å²) in [6.45, 7) is -0.207. The molecule has 0 saturated heterocycles. The van der Waals surface area contributed by atoms with Gasteiger partial charge in [0.2, 0.25) is 11.7 Å². The van der Waals surface area contributed by atoms with E-state index in [1.165, 1.54) is 18.3 Å². The zero-order valence-electron chi connectivity index (χ0n) is 12.1. The van der Waals surface area contributed by atoms with Crippen LogP contribution in [0.2, 0.25) is 10.0 Å². The summed E-state index contributed by atoms with van der Waals surface area (Å²) in [7, 11) is 0. The van der Waals surface area contributed by atoms with Crippen LogP contribution in [-0.4, -0.2) is 19.9 Å². The van der Waals surface area contributed by atoms with Crippen molar-refractivity contribution in [3.8, 4) is 11.4 Å². The summed E-state index contributed by atoms with van der Waals surface area (Å²) in [5, 5.41) is 7.18. The Labute approximate surface area is 147 Å². The van der Waals surface area contributed by atoms with Gasteiger partial charge in [-0.05, 0) is 12.1 Å². The molecule has 0 spiro atoms. The Morgan fingerprint density at radius 3 is 2.72 bits per heavy atom. The fraction of sp³-hybridized carbons (Fsp3) is 0.143. The normalized spacial score (nSPS) is 11.7. The molecule has 0 aliphatic heterocycles. The fourth-order valence-corrected chi connectivity index (χ4v) is 2.23. The minimum Gasteiger partial charge on any atom is -0.337 e. The standard InChI is InChI=1S/C14H7Cl2F3N4O2/c15-9-5-20-23(13(24)11(9)16)6-10-21-12(22-25-10)7-2-1-3-8(4-7)14(17,18)19/h1-5H,6H2. The van der Waals surface area contributed by atoms with Gasteiger partial charge in [-0.1, -0.05) is 40.5 Å². The summed E-state index contributed by atoms with van der Waals surface area (Å²) < 4.78 is 44.2. The molecule has 6 nitrogen and oxygen atoms in total. The Kier molecular flexibility index (Phi) is 4.53. The second kappa shape index (κ2) is 6.49. The van der Waals surface area contributed by atoms with Crippen LogP contribution in [-0.2, 0) is 12.7 Å². The van der Waals surface area contributed by atoms with E-state index in [2.05, 4.69) is 15.2 Å². The molecule has 0 amide bonds. The number of alkyl halides is 3. The van der Waals surface area contributed by atoms with Gasteiger partial charge in [0.05, 0.1) is 16.8 Å². The van der Waals surface area contributed by atoms with Gasteiger partial charge in [-0.15, -0.1) is 0 Å². The van der Waals surface area contributed by atoms with Crippen molar-refractivity contribution in [1.29, 1.82) is 0 Å². The van der Waals surface area contributed by atoms with Crippen LogP contribution in [0.25, 0.3) is 11.4 Å². The Morgan fingerprint density at radius 1 is 1.24 bits per heavy atom. The number of hydrogen-bond donors (Lipinski definition) is 0. The Morgan fingerprint density at radius 2 is 2.00 bits per heavy atom. The summed E-state index contributed by atoms with van der Waals surface area (Å²) in [4.78, 5) is 15.9. The van der Waals surface area contributed by atoms with E-state index in [1.807, 2.05) is 0 Å². The van der Waals surface area contributed by atoms with Crippen LogP contribution < -0.4 is 5.56 Å². The predicted molar refractivity (Wildman–Crippen MR) is 82.4 cm³/mol. The summed E-state index contributed by atoms with van der Waals surface area (Å²) >= 11 is 11.4. The molecule has 130 valence electrons. The van der Waals surface area contributed by atoms with Crippen molar-refractivity contribution in [3.63, 3.8) is 0 Å². The number of aromatic nitrogens is 4. The summed E-state index contributed by atoms with van der Waals surface area (Å²) in [5.41, 5.74) is -1.37. The summed E-state index contributed by atoms with van der Waals surface area (Å²) in [6.07, 6.45) is -3.31. The Hall–Kier alpha value is -2.39. The van der Waals surface area contributed by atoms with Gasteiger partial charge in [0, 0.05) is 5.56 Å². The highest BCUT2D eigenvalue weighted by Gasteiger charge is 2.30. The number of nitrogens with zero attached hydrogens (tertiary/aromatic N) is 4. The van der Waals surface area contributed by atoms with Crippen LogP contribution in [0.4, 0.5) is 13.2 Å². The number of halogens is 5. The van der Waals surface area contributed by atoms with Gasteiger partial charge in [-0.2, -0.15) is 23.3 Å². The molecule has 0 fully saturated rings. The molecule has 0 aliphatic carbocycles. The number of rotatable bonds is 3. The van der Waals surface area contributed by atoms with Gasteiger partial charge in [0.15, 0.2) is 0 Å². The zero-order valence-corrected chi connectivity index (χ0v) is 13.6. The Balaban J connectivity index is 1.89. The average molecular weight is 391 g/mol. The molecular weight excluding hydrogens is 384 g/mol. The van der Waals surface area contributed by atoms with Gasteiger partial charge in [-0.3, -0.25) is 4.79 Å². The molecule has 0 radical (unpaired) electrons. The van der Waals surface area contributed by atoms with Crippen molar-refractivity contribution in [2.24, 2.45) is 0 Å². The first-order valence-electron chi connectivity index (χ1n) is 6.67. The van der Waals surface area contributed by atoms with E-state index in [0.29, 0.717) is 0 Å². The first-order valence-corrected chi connectivity index (χ1v) is 7.42. The van der Waals surface area contributed by atoms with Gasteiger partial charge >= 0.3 is 6.18 Å². The van der Waals surface area contributed by atoms with Gasteiger partial charge < -0.3 is 4.52 Å². The highest BCUT2D eigenvalue weighted by Crippen LogP contribution is 2.31. The lowest BCUT2D eigenvalue weighted by Gasteiger charge is -2.06. The van der Waals surface area contributed by atoms with Crippen LogP contribution in [0.5, 0.6) is 0 Å². The van der Waals surface area contributed by atoms with Crippen LogP contribution in [0, 0.1) is 0 Å². The molecule has 25 heavy (non-hydrogen) atoms. The predicted octanol–water partition coefficient (Wildman–Crippen LogP) is 3.67. The fourth-order valence-electron chi connectivity index (χ4n) is 1.96. The molecule has 0 atom stereocenters. The molecular formula is C14H7Cl2F3N4O2. The SMILES string of the molecule is O=c1c(Cl)c(Cl)cnn1Cc1nc(-c2cccc(C(F)(F)F)c2)no1. The van der Waals surface area contributed by atoms with Crippen LogP contribution in [0.1, 0.15) is 11.5 Å². The number of hydrogen-bond acceptors (Lipinski definition) is 5. The Bertz CT molecular complexity index is 985. The highest BCUT2D eigenvalue weighted by atomic mass is 35.5. The van der Waals surface area contributed by atoms with E-state index >= 15 is 0 Å². The molecule has 0 saturated carbocycles. The largest absolute Gasteiger partial charge is 0.416 e. The third-order valence-corrected chi connectivity index (χ3v) is 3.89. The van der Waals surface area contributed by atoms with Crippen LogP contribution in [0.3, 0.4) is 0 Å². The molecule has 2 aromatic heterocycles. The van der Waals surface area contributed by atoms with Crippen LogP contribution in [0.15, 0.2) is 39.8 Å². The van der Waals surface area contributed by atoms with E-state index in [-0.39, 0.29) is 33.9 Å². The van der Waals surface area contributed by atoms with Crippen molar-refractivity contribution >= 4 is 23.2 Å².